The second kappa shape index (κ2) is 12.8. The maximum absolute atomic E-state index is 13.1. The van der Waals surface area contributed by atoms with E-state index in [1.807, 2.05) is 0 Å². The average Bonchev–Trinajstić information content (AvgIpc) is 3.31. The lowest BCUT2D eigenvalue weighted by Gasteiger charge is -2.31. The van der Waals surface area contributed by atoms with Crippen molar-refractivity contribution in [3.8, 4) is 0 Å². The van der Waals surface area contributed by atoms with Crippen molar-refractivity contribution >= 4 is 41.5 Å². The molecular weight excluding hydrogens is 516 g/mol. The van der Waals surface area contributed by atoms with Gasteiger partial charge in [-0.25, -0.2) is 4.79 Å². The van der Waals surface area contributed by atoms with E-state index in [1.54, 1.807) is 27.7 Å². The van der Waals surface area contributed by atoms with Gasteiger partial charge in [-0.15, -0.1) is 0 Å². The van der Waals surface area contributed by atoms with Crippen LogP contribution in [0, 0.1) is 10.8 Å². The summed E-state index contributed by atoms with van der Waals surface area (Å²) in [5.41, 5.74) is -1.21. The van der Waals surface area contributed by atoms with Gasteiger partial charge >= 0.3 is 11.9 Å². The van der Waals surface area contributed by atoms with Gasteiger partial charge in [-0.2, -0.15) is 0 Å². The molecule has 0 saturated heterocycles. The molecule has 0 aliphatic carbocycles. The lowest BCUT2D eigenvalue weighted by atomic mass is 9.90. The van der Waals surface area contributed by atoms with Gasteiger partial charge in [-0.1, -0.05) is 27.7 Å². The Labute approximate surface area is 225 Å². The number of carboxylic acid groups (broad SMARTS) is 2. The first-order valence-corrected chi connectivity index (χ1v) is 12.2. The van der Waals surface area contributed by atoms with Crippen LogP contribution in [0.25, 0.3) is 0 Å². The number of ether oxygens (including phenoxy) is 1. The van der Waals surface area contributed by atoms with Gasteiger partial charge in [-0.3, -0.25) is 38.6 Å². The standard InChI is InChI=1S/C25H34N4O10/c1-24(2,9-21(34)35)13-39-14-25(3,4)12-27-22(36)15(28-17(30)5-6-18(28)31)10-26-11-16(23(37)38)29-19(32)7-8-20(29)33/h5-8,15-16,26H,9-14H2,1-4H3,(H,27,36)(H,34,35)(H,37,38). The summed E-state index contributed by atoms with van der Waals surface area (Å²) in [5.74, 6) is -6.16. The third kappa shape index (κ3) is 8.82. The number of hydrogen-bond acceptors (Lipinski definition) is 9. The number of nitrogens with zero attached hydrogens (tertiary/aromatic N) is 2. The van der Waals surface area contributed by atoms with Gasteiger partial charge in [0.15, 0.2) is 0 Å². The minimum absolute atomic E-state index is 0.0749. The fourth-order valence-electron chi connectivity index (χ4n) is 3.94. The van der Waals surface area contributed by atoms with Crippen molar-refractivity contribution in [2.45, 2.75) is 46.2 Å². The Morgan fingerprint density at radius 2 is 1.23 bits per heavy atom. The molecule has 2 aliphatic rings. The molecule has 0 fully saturated rings. The second-order valence-corrected chi connectivity index (χ2v) is 10.9. The molecule has 14 heteroatoms. The fourth-order valence-corrected chi connectivity index (χ4v) is 3.94. The zero-order valence-electron chi connectivity index (χ0n) is 22.3. The van der Waals surface area contributed by atoms with E-state index in [-0.39, 0.29) is 32.7 Å². The van der Waals surface area contributed by atoms with E-state index in [1.165, 1.54) is 0 Å². The molecule has 39 heavy (non-hydrogen) atoms. The summed E-state index contributed by atoms with van der Waals surface area (Å²) in [6, 6.07) is -2.93. The van der Waals surface area contributed by atoms with E-state index in [4.69, 9.17) is 9.84 Å². The fraction of sp³-hybridized carbons (Fsp3) is 0.560. The van der Waals surface area contributed by atoms with E-state index in [0.717, 1.165) is 29.2 Å². The highest BCUT2D eigenvalue weighted by Crippen LogP contribution is 2.23. The number of aliphatic carboxylic acids is 2. The molecule has 0 aromatic heterocycles. The summed E-state index contributed by atoms with van der Waals surface area (Å²) in [5, 5.41) is 23.9. The van der Waals surface area contributed by atoms with Crippen molar-refractivity contribution in [2.24, 2.45) is 10.8 Å². The Morgan fingerprint density at radius 1 is 0.795 bits per heavy atom. The van der Waals surface area contributed by atoms with Crippen LogP contribution in [0.3, 0.4) is 0 Å². The van der Waals surface area contributed by atoms with Crippen molar-refractivity contribution in [1.82, 2.24) is 20.4 Å². The first kappa shape index (κ1) is 31.3. The first-order chi connectivity index (χ1) is 18.0. The van der Waals surface area contributed by atoms with E-state index < -0.39 is 70.9 Å². The molecule has 2 aliphatic heterocycles. The van der Waals surface area contributed by atoms with Gasteiger partial charge in [0.1, 0.15) is 12.1 Å². The van der Waals surface area contributed by atoms with Crippen LogP contribution < -0.4 is 10.6 Å². The van der Waals surface area contributed by atoms with Gasteiger partial charge in [0.2, 0.25) is 5.91 Å². The number of carboxylic acids is 2. The molecule has 0 aromatic carbocycles. The maximum atomic E-state index is 13.1. The molecule has 2 unspecified atom stereocenters. The number of imide groups is 2. The Hall–Kier alpha value is -3.91. The molecule has 0 radical (unpaired) electrons. The smallest absolute Gasteiger partial charge is 0.328 e. The number of nitrogens with one attached hydrogen (secondary N) is 2. The van der Waals surface area contributed by atoms with Crippen LogP contribution in [0.4, 0.5) is 0 Å². The predicted molar refractivity (Wildman–Crippen MR) is 134 cm³/mol. The Balaban J connectivity index is 2.02. The third-order valence-corrected chi connectivity index (χ3v) is 5.93. The lowest BCUT2D eigenvalue weighted by molar-refractivity contribution is -0.153. The van der Waals surface area contributed by atoms with E-state index >= 15 is 0 Å². The van der Waals surface area contributed by atoms with Crippen LogP contribution in [-0.2, 0) is 38.3 Å². The molecule has 0 bridgehead atoms. The molecule has 5 amide bonds. The first-order valence-electron chi connectivity index (χ1n) is 12.2. The minimum Gasteiger partial charge on any atom is -0.481 e. The number of carbonyl (C=O) groups is 7. The van der Waals surface area contributed by atoms with E-state index in [0.29, 0.717) is 4.90 Å². The highest BCUT2D eigenvalue weighted by atomic mass is 16.5. The highest BCUT2D eigenvalue weighted by Gasteiger charge is 2.39. The molecular formula is C25H34N4O10. The van der Waals surface area contributed by atoms with Gasteiger partial charge in [0.25, 0.3) is 23.6 Å². The van der Waals surface area contributed by atoms with Crippen LogP contribution >= 0.6 is 0 Å². The predicted octanol–water partition coefficient (Wildman–Crippen LogP) is -1.09. The molecule has 0 saturated carbocycles. The number of carbonyl (C=O) groups excluding carboxylic acids is 5. The van der Waals surface area contributed by atoms with Gasteiger partial charge < -0.3 is 25.6 Å². The van der Waals surface area contributed by atoms with Crippen LogP contribution in [0.2, 0.25) is 0 Å². The average molecular weight is 551 g/mol. The summed E-state index contributed by atoms with van der Waals surface area (Å²) in [6.45, 7) is 6.75. The molecule has 4 N–H and O–H groups in total. The molecule has 214 valence electrons. The molecule has 14 nitrogen and oxygen atoms in total. The largest absolute Gasteiger partial charge is 0.481 e. The second-order valence-electron chi connectivity index (χ2n) is 10.9. The van der Waals surface area contributed by atoms with Crippen LogP contribution in [0.1, 0.15) is 34.1 Å². The molecule has 2 rings (SSSR count). The Morgan fingerprint density at radius 3 is 1.69 bits per heavy atom. The number of rotatable bonds is 16. The van der Waals surface area contributed by atoms with Crippen molar-refractivity contribution in [3.05, 3.63) is 24.3 Å². The minimum atomic E-state index is -1.58. The zero-order valence-corrected chi connectivity index (χ0v) is 22.3. The number of amides is 5. The summed E-state index contributed by atoms with van der Waals surface area (Å²) < 4.78 is 5.69. The highest BCUT2D eigenvalue weighted by molar-refractivity contribution is 6.15. The van der Waals surface area contributed by atoms with Gasteiger partial charge in [0.05, 0.1) is 19.6 Å². The molecule has 2 atom stereocenters. The van der Waals surface area contributed by atoms with Crippen molar-refractivity contribution in [3.63, 3.8) is 0 Å². The van der Waals surface area contributed by atoms with Crippen LogP contribution in [0.5, 0.6) is 0 Å². The van der Waals surface area contributed by atoms with Crippen molar-refractivity contribution in [1.29, 1.82) is 0 Å². The molecule has 0 spiro atoms. The summed E-state index contributed by atoms with van der Waals surface area (Å²) in [4.78, 5) is 85.5. The summed E-state index contributed by atoms with van der Waals surface area (Å²) in [7, 11) is 0. The topological polar surface area (TPSA) is 200 Å². The van der Waals surface area contributed by atoms with Gasteiger partial charge in [-0.05, 0) is 5.41 Å². The summed E-state index contributed by atoms with van der Waals surface area (Å²) in [6.07, 6.45) is 3.82. The maximum Gasteiger partial charge on any atom is 0.328 e. The molecule has 0 aromatic rings. The van der Waals surface area contributed by atoms with E-state index in [9.17, 15) is 38.7 Å². The normalized spacial score (nSPS) is 17.2. The Kier molecular flexibility index (Phi) is 10.2. The van der Waals surface area contributed by atoms with Gasteiger partial charge in [0, 0.05) is 49.4 Å². The summed E-state index contributed by atoms with van der Waals surface area (Å²) >= 11 is 0. The van der Waals surface area contributed by atoms with Crippen molar-refractivity contribution < 1.29 is 48.5 Å². The van der Waals surface area contributed by atoms with Crippen LogP contribution in [-0.4, -0.2) is 106 Å². The van der Waals surface area contributed by atoms with Crippen molar-refractivity contribution in [2.75, 3.05) is 32.8 Å². The van der Waals surface area contributed by atoms with E-state index in [2.05, 4.69) is 10.6 Å². The molecule has 2 heterocycles. The monoisotopic (exact) mass is 550 g/mol. The zero-order chi connectivity index (χ0) is 29.5. The quantitative estimate of drug-likeness (QED) is 0.170. The Bertz CT molecular complexity index is 1060. The third-order valence-electron chi connectivity index (χ3n) is 5.93. The van der Waals surface area contributed by atoms with Crippen LogP contribution in [0.15, 0.2) is 24.3 Å². The SMILES string of the molecule is CC(C)(CNC(=O)C(CNCC(C(=O)O)N1C(=O)C=CC1=O)N1C(=O)C=CC1=O)COCC(C)(C)CC(=O)O. The number of hydrogen-bond donors (Lipinski definition) is 4. The lowest BCUT2D eigenvalue weighted by Crippen LogP contribution is -2.57.